The highest BCUT2D eigenvalue weighted by atomic mass is 79.9. The van der Waals surface area contributed by atoms with Crippen LogP contribution in [-0.2, 0) is 15.1 Å². The van der Waals surface area contributed by atoms with Crippen LogP contribution in [0.4, 0.5) is 0 Å². The van der Waals surface area contributed by atoms with Gasteiger partial charge in [-0.25, -0.2) is 0 Å². The van der Waals surface area contributed by atoms with E-state index in [4.69, 9.17) is 10.5 Å². The van der Waals surface area contributed by atoms with Gasteiger partial charge in [0.15, 0.2) is 0 Å². The van der Waals surface area contributed by atoms with Crippen molar-refractivity contribution in [1.82, 2.24) is 4.90 Å². The van der Waals surface area contributed by atoms with Gasteiger partial charge in [0, 0.05) is 24.2 Å². The molecule has 1 aromatic carbocycles. The number of nitrogens with two attached hydrogens (primary N) is 1. The molecule has 4 nitrogen and oxygen atoms in total. The van der Waals surface area contributed by atoms with Gasteiger partial charge in [-0.1, -0.05) is 28.1 Å². The molecule has 5 heteroatoms. The van der Waals surface area contributed by atoms with Crippen LogP contribution in [0.1, 0.15) is 38.2 Å². The number of rotatable bonds is 5. The monoisotopic (exact) mass is 380 g/mol. The number of carbonyl (C=O) groups excluding carboxylic acids is 1. The number of likely N-dealkylation sites (tertiary alicyclic amines) is 1. The number of benzene rings is 1. The van der Waals surface area contributed by atoms with Crippen LogP contribution in [0.2, 0.25) is 0 Å². The molecule has 0 bridgehead atoms. The third kappa shape index (κ3) is 4.14. The highest BCUT2D eigenvalue weighted by molar-refractivity contribution is 9.10. The summed E-state index contributed by atoms with van der Waals surface area (Å²) in [6.07, 6.45) is 4.76. The zero-order chi connectivity index (χ0) is 16.4. The Labute approximate surface area is 146 Å². The molecule has 1 aromatic rings. The molecule has 0 spiro atoms. The molecule has 0 aromatic heterocycles. The fourth-order valence-corrected chi connectivity index (χ4v) is 3.29. The topological polar surface area (TPSA) is 55.6 Å². The van der Waals surface area contributed by atoms with Gasteiger partial charge in [0.25, 0.3) is 0 Å². The lowest BCUT2D eigenvalue weighted by atomic mass is 9.90. The van der Waals surface area contributed by atoms with Crippen LogP contribution in [0.3, 0.4) is 0 Å². The molecule has 1 heterocycles. The lowest BCUT2D eigenvalue weighted by Crippen LogP contribution is -2.53. The van der Waals surface area contributed by atoms with Crippen LogP contribution in [0, 0.1) is 5.92 Å². The van der Waals surface area contributed by atoms with Gasteiger partial charge in [-0.2, -0.15) is 0 Å². The van der Waals surface area contributed by atoms with E-state index in [1.165, 1.54) is 12.8 Å². The molecule has 23 heavy (non-hydrogen) atoms. The largest absolute Gasteiger partial charge is 0.378 e. The van der Waals surface area contributed by atoms with Crippen molar-refractivity contribution < 1.29 is 9.53 Å². The van der Waals surface area contributed by atoms with Crippen LogP contribution in [0.25, 0.3) is 0 Å². The summed E-state index contributed by atoms with van der Waals surface area (Å²) in [5.41, 5.74) is 6.23. The predicted octanol–water partition coefficient (Wildman–Crippen LogP) is 3.04. The minimum absolute atomic E-state index is 0.000431. The molecule has 1 saturated heterocycles. The fraction of sp³-hybridized carbons (Fsp3) is 0.611. The van der Waals surface area contributed by atoms with E-state index in [2.05, 4.69) is 15.9 Å². The summed E-state index contributed by atoms with van der Waals surface area (Å²) in [6, 6.07) is 7.66. The molecular formula is C18H25BrN2O2. The van der Waals surface area contributed by atoms with Crippen molar-refractivity contribution in [1.29, 1.82) is 0 Å². The first-order valence-corrected chi connectivity index (χ1v) is 9.22. The molecule has 1 amide bonds. The van der Waals surface area contributed by atoms with E-state index >= 15 is 0 Å². The zero-order valence-corrected chi connectivity index (χ0v) is 15.2. The summed E-state index contributed by atoms with van der Waals surface area (Å²) in [7, 11) is 0. The number of halogens is 1. The Bertz CT molecular complexity index is 547. The lowest BCUT2D eigenvalue weighted by Gasteiger charge is -2.37. The quantitative estimate of drug-likeness (QED) is 0.853. The van der Waals surface area contributed by atoms with E-state index in [0.717, 1.165) is 48.5 Å². The molecule has 1 unspecified atom stereocenters. The minimum Gasteiger partial charge on any atom is -0.378 e. The molecule has 2 N–H and O–H groups in total. The Morgan fingerprint density at radius 2 is 1.87 bits per heavy atom. The molecule has 126 valence electrons. The van der Waals surface area contributed by atoms with Crippen molar-refractivity contribution in [3.63, 3.8) is 0 Å². The highest BCUT2D eigenvalue weighted by Crippen LogP contribution is 2.30. The Balaban J connectivity index is 1.56. The van der Waals surface area contributed by atoms with Crippen LogP contribution in [0.5, 0.6) is 0 Å². The van der Waals surface area contributed by atoms with Crippen molar-refractivity contribution in [2.24, 2.45) is 11.7 Å². The minimum atomic E-state index is -0.984. The Morgan fingerprint density at radius 3 is 2.43 bits per heavy atom. The van der Waals surface area contributed by atoms with E-state index in [0.29, 0.717) is 6.10 Å². The predicted molar refractivity (Wildman–Crippen MR) is 94.0 cm³/mol. The van der Waals surface area contributed by atoms with E-state index in [1.807, 2.05) is 29.2 Å². The number of amides is 1. The standard InChI is InChI=1S/C18H25BrN2O2/c1-18(20,14-4-6-15(19)7-5-14)17(22)21-10-8-16(9-11-21)23-12-13-2-3-13/h4-7,13,16H,2-3,8-12,20H2,1H3. The second kappa shape index (κ2) is 6.91. The summed E-state index contributed by atoms with van der Waals surface area (Å²) in [4.78, 5) is 14.7. The highest BCUT2D eigenvalue weighted by Gasteiger charge is 2.36. The number of hydrogen-bond donors (Lipinski definition) is 1. The van der Waals surface area contributed by atoms with Crippen LogP contribution in [0.15, 0.2) is 28.7 Å². The van der Waals surface area contributed by atoms with E-state index < -0.39 is 5.54 Å². The summed E-state index contributed by atoms with van der Waals surface area (Å²) >= 11 is 3.41. The maximum Gasteiger partial charge on any atom is 0.246 e. The Kier molecular flexibility index (Phi) is 5.09. The molecular weight excluding hydrogens is 356 g/mol. The van der Waals surface area contributed by atoms with E-state index in [-0.39, 0.29) is 5.91 Å². The average Bonchev–Trinajstić information content (AvgIpc) is 3.37. The first-order chi connectivity index (χ1) is 11.0. The Hall–Kier alpha value is -0.910. The van der Waals surface area contributed by atoms with Gasteiger partial charge in [-0.3, -0.25) is 4.79 Å². The number of ether oxygens (including phenoxy) is 1. The molecule has 1 aliphatic carbocycles. The number of carbonyl (C=O) groups is 1. The third-order valence-corrected chi connectivity index (χ3v) is 5.41. The van der Waals surface area contributed by atoms with Gasteiger partial charge >= 0.3 is 0 Å². The van der Waals surface area contributed by atoms with Gasteiger partial charge in [0.05, 0.1) is 6.10 Å². The number of hydrogen-bond acceptors (Lipinski definition) is 3. The molecule has 2 fully saturated rings. The van der Waals surface area contributed by atoms with Crippen molar-refractivity contribution in [3.05, 3.63) is 34.3 Å². The van der Waals surface area contributed by atoms with Gasteiger partial charge in [-0.05, 0) is 56.2 Å². The summed E-state index contributed by atoms with van der Waals surface area (Å²) in [6.45, 7) is 4.16. The molecule has 0 radical (unpaired) electrons. The molecule has 1 aliphatic heterocycles. The Morgan fingerprint density at radius 1 is 1.26 bits per heavy atom. The number of piperidine rings is 1. The van der Waals surface area contributed by atoms with Crippen molar-refractivity contribution in [2.75, 3.05) is 19.7 Å². The van der Waals surface area contributed by atoms with Crippen molar-refractivity contribution in [2.45, 2.75) is 44.2 Å². The first-order valence-electron chi connectivity index (χ1n) is 8.42. The second-order valence-electron chi connectivity index (χ2n) is 6.98. The normalized spacial score (nSPS) is 22.0. The average molecular weight is 381 g/mol. The van der Waals surface area contributed by atoms with Crippen LogP contribution in [-0.4, -0.2) is 36.6 Å². The first kappa shape index (κ1) is 16.9. The summed E-state index contributed by atoms with van der Waals surface area (Å²) < 4.78 is 6.93. The van der Waals surface area contributed by atoms with Gasteiger partial charge in [0.2, 0.25) is 5.91 Å². The van der Waals surface area contributed by atoms with Gasteiger partial charge < -0.3 is 15.4 Å². The summed E-state index contributed by atoms with van der Waals surface area (Å²) in [5.74, 6) is 0.792. The van der Waals surface area contributed by atoms with Gasteiger partial charge in [-0.15, -0.1) is 0 Å². The van der Waals surface area contributed by atoms with E-state index in [9.17, 15) is 4.79 Å². The van der Waals surface area contributed by atoms with Gasteiger partial charge in [0.1, 0.15) is 5.54 Å². The van der Waals surface area contributed by atoms with Crippen LogP contribution < -0.4 is 5.73 Å². The summed E-state index contributed by atoms with van der Waals surface area (Å²) in [5, 5.41) is 0. The maximum atomic E-state index is 12.8. The number of nitrogens with zero attached hydrogens (tertiary/aromatic N) is 1. The fourth-order valence-electron chi connectivity index (χ4n) is 3.03. The molecule has 1 atom stereocenters. The SMILES string of the molecule is CC(N)(C(=O)N1CCC(OCC2CC2)CC1)c1ccc(Br)cc1. The smallest absolute Gasteiger partial charge is 0.246 e. The molecule has 3 rings (SSSR count). The maximum absolute atomic E-state index is 12.8. The lowest BCUT2D eigenvalue weighted by molar-refractivity contribution is -0.139. The van der Waals surface area contributed by atoms with E-state index in [1.54, 1.807) is 6.92 Å². The molecule has 2 aliphatic rings. The zero-order valence-electron chi connectivity index (χ0n) is 13.6. The van der Waals surface area contributed by atoms with Crippen molar-refractivity contribution in [3.8, 4) is 0 Å². The third-order valence-electron chi connectivity index (χ3n) is 4.88. The second-order valence-corrected chi connectivity index (χ2v) is 7.89. The van der Waals surface area contributed by atoms with Crippen LogP contribution >= 0.6 is 15.9 Å². The molecule has 1 saturated carbocycles. The van der Waals surface area contributed by atoms with Crippen molar-refractivity contribution >= 4 is 21.8 Å².